The Morgan fingerprint density at radius 2 is 2.27 bits per heavy atom. The molecule has 3 N–H and O–H groups in total. The SMILES string of the molecule is CSc1ccc(C(CN)C(=O)O)cc1C. The molecule has 3 nitrogen and oxygen atoms in total. The minimum absolute atomic E-state index is 0.132. The van der Waals surface area contributed by atoms with E-state index in [1.807, 2.05) is 31.4 Å². The number of carboxylic acids is 1. The van der Waals surface area contributed by atoms with Gasteiger partial charge in [0.2, 0.25) is 0 Å². The zero-order chi connectivity index (χ0) is 11.4. The monoisotopic (exact) mass is 225 g/mol. The fourth-order valence-electron chi connectivity index (χ4n) is 1.50. The average Bonchev–Trinajstić information content (AvgIpc) is 2.18. The molecule has 82 valence electrons. The molecule has 15 heavy (non-hydrogen) atoms. The first kappa shape index (κ1) is 12.1. The van der Waals surface area contributed by atoms with E-state index >= 15 is 0 Å². The van der Waals surface area contributed by atoms with Crippen molar-refractivity contribution < 1.29 is 9.90 Å². The normalized spacial score (nSPS) is 12.5. The maximum Gasteiger partial charge on any atom is 0.312 e. The van der Waals surface area contributed by atoms with Gasteiger partial charge in [0.15, 0.2) is 0 Å². The van der Waals surface area contributed by atoms with Crippen molar-refractivity contribution in [1.82, 2.24) is 0 Å². The number of nitrogens with two attached hydrogens (primary N) is 1. The van der Waals surface area contributed by atoms with Crippen LogP contribution in [0.3, 0.4) is 0 Å². The van der Waals surface area contributed by atoms with E-state index in [0.29, 0.717) is 0 Å². The van der Waals surface area contributed by atoms with E-state index < -0.39 is 11.9 Å². The number of hydrogen-bond acceptors (Lipinski definition) is 3. The molecule has 0 bridgehead atoms. The van der Waals surface area contributed by atoms with Crippen molar-refractivity contribution in [3.05, 3.63) is 29.3 Å². The summed E-state index contributed by atoms with van der Waals surface area (Å²) in [6, 6.07) is 5.68. The Labute approximate surface area is 93.7 Å². The Bertz CT molecular complexity index is 366. The number of aliphatic carboxylic acids is 1. The number of carboxylic acid groups (broad SMARTS) is 1. The number of aryl methyl sites for hydroxylation is 1. The minimum atomic E-state index is -0.867. The summed E-state index contributed by atoms with van der Waals surface area (Å²) in [7, 11) is 0. The van der Waals surface area contributed by atoms with E-state index in [4.69, 9.17) is 10.8 Å². The summed E-state index contributed by atoms with van der Waals surface area (Å²) in [6.07, 6.45) is 2.00. The largest absolute Gasteiger partial charge is 0.481 e. The summed E-state index contributed by atoms with van der Waals surface area (Å²) in [4.78, 5) is 12.1. The molecule has 0 aliphatic carbocycles. The molecule has 1 aromatic rings. The van der Waals surface area contributed by atoms with E-state index in [1.54, 1.807) is 11.8 Å². The highest BCUT2D eigenvalue weighted by Crippen LogP contribution is 2.24. The van der Waals surface area contributed by atoms with Crippen molar-refractivity contribution in [1.29, 1.82) is 0 Å². The van der Waals surface area contributed by atoms with Gasteiger partial charge in [0.1, 0.15) is 0 Å². The van der Waals surface area contributed by atoms with Crippen LogP contribution in [0.25, 0.3) is 0 Å². The molecule has 0 aliphatic heterocycles. The van der Waals surface area contributed by atoms with Crippen molar-refractivity contribution >= 4 is 17.7 Å². The van der Waals surface area contributed by atoms with Crippen LogP contribution >= 0.6 is 11.8 Å². The topological polar surface area (TPSA) is 63.3 Å². The Balaban J connectivity index is 3.05. The summed E-state index contributed by atoms with van der Waals surface area (Å²) in [6.45, 7) is 2.11. The molecule has 1 aromatic carbocycles. The van der Waals surface area contributed by atoms with E-state index in [0.717, 1.165) is 11.1 Å². The Kier molecular flexibility index (Phi) is 4.17. The van der Waals surface area contributed by atoms with Gasteiger partial charge in [-0.15, -0.1) is 11.8 Å². The van der Waals surface area contributed by atoms with E-state index in [2.05, 4.69) is 0 Å². The molecular weight excluding hydrogens is 210 g/mol. The summed E-state index contributed by atoms with van der Waals surface area (Å²) in [5.41, 5.74) is 7.32. The molecule has 1 unspecified atom stereocenters. The third-order valence-electron chi connectivity index (χ3n) is 2.36. The molecule has 0 radical (unpaired) electrons. The van der Waals surface area contributed by atoms with Crippen LogP contribution in [0, 0.1) is 6.92 Å². The lowest BCUT2D eigenvalue weighted by Gasteiger charge is -2.12. The van der Waals surface area contributed by atoms with Crippen LogP contribution < -0.4 is 5.73 Å². The highest BCUT2D eigenvalue weighted by molar-refractivity contribution is 7.98. The van der Waals surface area contributed by atoms with Gasteiger partial charge in [-0.25, -0.2) is 0 Å². The van der Waals surface area contributed by atoms with Crippen LogP contribution in [-0.2, 0) is 4.79 Å². The van der Waals surface area contributed by atoms with Gasteiger partial charge in [0.25, 0.3) is 0 Å². The van der Waals surface area contributed by atoms with Crippen LogP contribution in [0.1, 0.15) is 17.0 Å². The summed E-state index contributed by atoms with van der Waals surface area (Å²) < 4.78 is 0. The molecule has 0 fully saturated rings. The van der Waals surface area contributed by atoms with Crippen molar-refractivity contribution in [2.75, 3.05) is 12.8 Å². The van der Waals surface area contributed by atoms with Gasteiger partial charge in [0, 0.05) is 11.4 Å². The molecule has 0 amide bonds. The lowest BCUT2D eigenvalue weighted by atomic mass is 9.98. The van der Waals surface area contributed by atoms with E-state index in [1.165, 1.54) is 4.90 Å². The fourth-order valence-corrected chi connectivity index (χ4v) is 2.08. The molecule has 1 rings (SSSR count). The second-order valence-corrected chi connectivity index (χ2v) is 4.20. The van der Waals surface area contributed by atoms with E-state index in [9.17, 15) is 4.79 Å². The molecule has 4 heteroatoms. The third-order valence-corrected chi connectivity index (χ3v) is 3.25. The second-order valence-electron chi connectivity index (χ2n) is 3.36. The third kappa shape index (κ3) is 2.73. The van der Waals surface area contributed by atoms with Gasteiger partial charge >= 0.3 is 5.97 Å². The highest BCUT2D eigenvalue weighted by Gasteiger charge is 2.18. The van der Waals surface area contributed by atoms with Gasteiger partial charge in [-0.1, -0.05) is 12.1 Å². The zero-order valence-corrected chi connectivity index (χ0v) is 9.67. The predicted molar refractivity (Wildman–Crippen MR) is 62.4 cm³/mol. The van der Waals surface area contributed by atoms with Crippen molar-refractivity contribution in [2.24, 2.45) is 5.73 Å². The minimum Gasteiger partial charge on any atom is -0.481 e. The number of carbonyl (C=O) groups is 1. The molecular formula is C11H15NO2S. The Hall–Kier alpha value is -1.00. The number of rotatable bonds is 4. The fraction of sp³-hybridized carbons (Fsp3) is 0.364. The van der Waals surface area contributed by atoms with Crippen molar-refractivity contribution in [3.63, 3.8) is 0 Å². The van der Waals surface area contributed by atoms with Crippen LogP contribution in [0.2, 0.25) is 0 Å². The lowest BCUT2D eigenvalue weighted by molar-refractivity contribution is -0.138. The Morgan fingerprint density at radius 1 is 1.60 bits per heavy atom. The molecule has 0 saturated heterocycles. The second kappa shape index (κ2) is 5.19. The predicted octanol–water partition coefficient (Wildman–Crippen LogP) is 1.84. The summed E-state index contributed by atoms with van der Waals surface area (Å²) >= 11 is 1.65. The molecule has 0 saturated carbocycles. The van der Waals surface area contributed by atoms with Crippen LogP contribution in [0.5, 0.6) is 0 Å². The van der Waals surface area contributed by atoms with Crippen LogP contribution in [-0.4, -0.2) is 23.9 Å². The molecule has 0 heterocycles. The standard InChI is InChI=1S/C11H15NO2S/c1-7-5-8(3-4-10(7)15-2)9(6-12)11(13)14/h3-5,9H,6,12H2,1-2H3,(H,13,14). The first-order chi connectivity index (χ1) is 7.10. The maximum atomic E-state index is 10.9. The molecule has 0 spiro atoms. The zero-order valence-electron chi connectivity index (χ0n) is 8.86. The first-order valence-electron chi connectivity index (χ1n) is 4.67. The number of thioether (sulfide) groups is 1. The smallest absolute Gasteiger partial charge is 0.312 e. The first-order valence-corrected chi connectivity index (χ1v) is 5.90. The molecule has 0 aliphatic rings. The van der Waals surface area contributed by atoms with Crippen LogP contribution in [0.15, 0.2) is 23.1 Å². The van der Waals surface area contributed by atoms with Gasteiger partial charge in [-0.2, -0.15) is 0 Å². The number of benzene rings is 1. The quantitative estimate of drug-likeness (QED) is 0.767. The van der Waals surface area contributed by atoms with Gasteiger partial charge in [-0.05, 0) is 30.4 Å². The molecule has 0 aromatic heterocycles. The van der Waals surface area contributed by atoms with Gasteiger partial charge in [0.05, 0.1) is 5.92 Å². The average molecular weight is 225 g/mol. The van der Waals surface area contributed by atoms with Crippen molar-refractivity contribution in [2.45, 2.75) is 17.7 Å². The van der Waals surface area contributed by atoms with Gasteiger partial charge < -0.3 is 10.8 Å². The highest BCUT2D eigenvalue weighted by atomic mass is 32.2. The lowest BCUT2D eigenvalue weighted by Crippen LogP contribution is -2.21. The van der Waals surface area contributed by atoms with Crippen LogP contribution in [0.4, 0.5) is 0 Å². The Morgan fingerprint density at radius 3 is 2.67 bits per heavy atom. The van der Waals surface area contributed by atoms with E-state index in [-0.39, 0.29) is 6.54 Å². The van der Waals surface area contributed by atoms with Crippen molar-refractivity contribution in [3.8, 4) is 0 Å². The molecule has 1 atom stereocenters. The number of hydrogen-bond donors (Lipinski definition) is 2. The summed E-state index contributed by atoms with van der Waals surface area (Å²) in [5.74, 6) is -1.46. The van der Waals surface area contributed by atoms with Gasteiger partial charge in [-0.3, -0.25) is 4.79 Å². The summed E-state index contributed by atoms with van der Waals surface area (Å²) in [5, 5.41) is 8.96. The maximum absolute atomic E-state index is 10.9.